The molecule has 7 heteroatoms. The topological polar surface area (TPSA) is 75.7 Å². The van der Waals surface area contributed by atoms with Crippen LogP contribution in [-0.2, 0) is 23.0 Å². The SMILES string of the molecule is COc1ccc(NS(=O)(=O)c2ccc(C)c(C(=O)N3CCc4ccccc4C3)c2)cc1. The zero-order valence-corrected chi connectivity index (χ0v) is 18.3. The molecule has 6 nitrogen and oxygen atoms in total. The van der Waals surface area contributed by atoms with Gasteiger partial charge in [-0.05, 0) is 66.4 Å². The van der Waals surface area contributed by atoms with Crippen molar-refractivity contribution >= 4 is 21.6 Å². The number of amides is 1. The highest BCUT2D eigenvalue weighted by atomic mass is 32.2. The van der Waals surface area contributed by atoms with Gasteiger partial charge in [0.1, 0.15) is 5.75 Å². The Morgan fingerprint density at radius 2 is 1.71 bits per heavy atom. The maximum absolute atomic E-state index is 13.2. The third-order valence-corrected chi connectivity index (χ3v) is 6.89. The predicted molar refractivity (Wildman–Crippen MR) is 120 cm³/mol. The third-order valence-electron chi connectivity index (χ3n) is 5.51. The van der Waals surface area contributed by atoms with Crippen LogP contribution < -0.4 is 9.46 Å². The summed E-state index contributed by atoms with van der Waals surface area (Å²) in [6.45, 7) is 2.95. The van der Waals surface area contributed by atoms with E-state index >= 15 is 0 Å². The van der Waals surface area contributed by atoms with Gasteiger partial charge < -0.3 is 9.64 Å². The summed E-state index contributed by atoms with van der Waals surface area (Å²) in [4.78, 5) is 15.1. The van der Waals surface area contributed by atoms with Crippen LogP contribution in [-0.4, -0.2) is 32.9 Å². The molecule has 1 aliphatic rings. The number of hydrogen-bond donors (Lipinski definition) is 1. The molecule has 4 rings (SSSR count). The molecule has 31 heavy (non-hydrogen) atoms. The molecule has 1 heterocycles. The monoisotopic (exact) mass is 436 g/mol. The van der Waals surface area contributed by atoms with Crippen LogP contribution in [0.1, 0.15) is 27.0 Å². The molecule has 0 saturated heterocycles. The van der Waals surface area contributed by atoms with Gasteiger partial charge in [0.25, 0.3) is 15.9 Å². The van der Waals surface area contributed by atoms with E-state index in [9.17, 15) is 13.2 Å². The van der Waals surface area contributed by atoms with Gasteiger partial charge in [0.15, 0.2) is 0 Å². The van der Waals surface area contributed by atoms with Crippen molar-refractivity contribution < 1.29 is 17.9 Å². The zero-order valence-electron chi connectivity index (χ0n) is 17.5. The van der Waals surface area contributed by atoms with Crippen LogP contribution >= 0.6 is 0 Å². The molecular weight excluding hydrogens is 412 g/mol. The Balaban J connectivity index is 1.58. The van der Waals surface area contributed by atoms with Crippen LogP contribution in [0, 0.1) is 6.92 Å². The van der Waals surface area contributed by atoms with E-state index in [1.54, 1.807) is 42.3 Å². The summed E-state index contributed by atoms with van der Waals surface area (Å²) in [6.07, 6.45) is 0.790. The lowest BCUT2D eigenvalue weighted by atomic mass is 9.98. The summed E-state index contributed by atoms with van der Waals surface area (Å²) in [5.41, 5.74) is 3.94. The van der Waals surface area contributed by atoms with Crippen molar-refractivity contribution in [2.75, 3.05) is 18.4 Å². The summed E-state index contributed by atoms with van der Waals surface area (Å²) in [6, 6.07) is 19.3. The number of anilines is 1. The molecular formula is C24H24N2O4S. The van der Waals surface area contributed by atoms with E-state index in [2.05, 4.69) is 10.8 Å². The molecule has 3 aromatic carbocycles. The van der Waals surface area contributed by atoms with Crippen molar-refractivity contribution in [3.05, 3.63) is 89.0 Å². The second-order valence-corrected chi connectivity index (χ2v) is 9.24. The van der Waals surface area contributed by atoms with E-state index in [4.69, 9.17) is 4.74 Å². The number of hydrogen-bond acceptors (Lipinski definition) is 4. The number of sulfonamides is 1. The number of ether oxygens (including phenoxy) is 1. The number of benzene rings is 3. The fourth-order valence-electron chi connectivity index (χ4n) is 3.71. The Morgan fingerprint density at radius 3 is 2.42 bits per heavy atom. The summed E-state index contributed by atoms with van der Waals surface area (Å²) >= 11 is 0. The normalized spacial score (nSPS) is 13.4. The van der Waals surface area contributed by atoms with Gasteiger partial charge in [-0.3, -0.25) is 9.52 Å². The van der Waals surface area contributed by atoms with E-state index in [1.807, 2.05) is 25.1 Å². The lowest BCUT2D eigenvalue weighted by Crippen LogP contribution is -2.36. The predicted octanol–water partition coefficient (Wildman–Crippen LogP) is 4.00. The van der Waals surface area contributed by atoms with E-state index in [1.165, 1.54) is 17.7 Å². The zero-order chi connectivity index (χ0) is 22.0. The molecule has 0 radical (unpaired) electrons. The van der Waals surface area contributed by atoms with Crippen LogP contribution in [0.15, 0.2) is 71.6 Å². The second kappa shape index (κ2) is 8.43. The van der Waals surface area contributed by atoms with E-state index < -0.39 is 10.0 Å². The van der Waals surface area contributed by atoms with Gasteiger partial charge >= 0.3 is 0 Å². The van der Waals surface area contributed by atoms with Crippen LogP contribution in [0.25, 0.3) is 0 Å². The number of nitrogens with zero attached hydrogens (tertiary/aromatic N) is 1. The average Bonchev–Trinajstić information content (AvgIpc) is 2.78. The van der Waals surface area contributed by atoms with Gasteiger partial charge in [-0.2, -0.15) is 0 Å². The Morgan fingerprint density at radius 1 is 1.00 bits per heavy atom. The number of carbonyl (C=O) groups is 1. The quantitative estimate of drug-likeness (QED) is 0.656. The van der Waals surface area contributed by atoms with Crippen molar-refractivity contribution in [3.8, 4) is 5.75 Å². The maximum atomic E-state index is 13.2. The van der Waals surface area contributed by atoms with Gasteiger partial charge in [-0.25, -0.2) is 8.42 Å². The lowest BCUT2D eigenvalue weighted by Gasteiger charge is -2.29. The molecule has 0 aliphatic carbocycles. The summed E-state index contributed by atoms with van der Waals surface area (Å²) < 4.78 is 33.5. The summed E-state index contributed by atoms with van der Waals surface area (Å²) in [7, 11) is -2.30. The molecule has 0 spiro atoms. The molecule has 0 unspecified atom stereocenters. The first kappa shape index (κ1) is 20.9. The second-order valence-electron chi connectivity index (χ2n) is 7.56. The molecule has 0 atom stereocenters. The largest absolute Gasteiger partial charge is 0.497 e. The first-order chi connectivity index (χ1) is 14.9. The third kappa shape index (κ3) is 4.41. The van der Waals surface area contributed by atoms with Crippen LogP contribution in [0.3, 0.4) is 0 Å². The fourth-order valence-corrected chi connectivity index (χ4v) is 4.80. The number of carbonyl (C=O) groups excluding carboxylic acids is 1. The lowest BCUT2D eigenvalue weighted by molar-refractivity contribution is 0.0733. The minimum absolute atomic E-state index is 0.0506. The molecule has 160 valence electrons. The Kier molecular flexibility index (Phi) is 5.69. The molecule has 1 aliphatic heterocycles. The van der Waals surface area contributed by atoms with Crippen molar-refractivity contribution in [2.24, 2.45) is 0 Å². The Labute approximate surface area is 182 Å². The Bertz CT molecular complexity index is 1220. The van der Waals surface area contributed by atoms with Crippen molar-refractivity contribution in [1.29, 1.82) is 0 Å². The van der Waals surface area contributed by atoms with Crippen molar-refractivity contribution in [2.45, 2.75) is 24.8 Å². The smallest absolute Gasteiger partial charge is 0.261 e. The summed E-state index contributed by atoms with van der Waals surface area (Å²) in [5, 5.41) is 0. The Hall–Kier alpha value is -3.32. The van der Waals surface area contributed by atoms with Crippen LogP contribution in [0.4, 0.5) is 5.69 Å². The van der Waals surface area contributed by atoms with E-state index in [0.29, 0.717) is 30.1 Å². The highest BCUT2D eigenvalue weighted by Crippen LogP contribution is 2.24. The number of methoxy groups -OCH3 is 1. The van der Waals surface area contributed by atoms with Crippen molar-refractivity contribution in [3.63, 3.8) is 0 Å². The minimum atomic E-state index is -3.85. The van der Waals surface area contributed by atoms with Crippen LogP contribution in [0.2, 0.25) is 0 Å². The van der Waals surface area contributed by atoms with Gasteiger partial charge in [0, 0.05) is 24.3 Å². The molecule has 3 aromatic rings. The van der Waals surface area contributed by atoms with Gasteiger partial charge in [0.05, 0.1) is 12.0 Å². The standard InChI is InChI=1S/C24H24N2O4S/c1-17-7-12-22(31(28,29)25-20-8-10-21(30-2)11-9-20)15-23(17)24(27)26-14-13-18-5-3-4-6-19(18)16-26/h3-12,15,25H,13-14,16H2,1-2H3. The maximum Gasteiger partial charge on any atom is 0.261 e. The number of aryl methyl sites for hydroxylation is 1. The van der Waals surface area contributed by atoms with Gasteiger partial charge in [-0.1, -0.05) is 30.3 Å². The number of fused-ring (bicyclic) bond motifs is 1. The average molecular weight is 437 g/mol. The molecule has 0 fully saturated rings. The van der Waals surface area contributed by atoms with Crippen LogP contribution in [0.5, 0.6) is 5.75 Å². The molecule has 1 amide bonds. The first-order valence-corrected chi connectivity index (χ1v) is 11.5. The molecule has 0 saturated carbocycles. The number of rotatable bonds is 5. The van der Waals surface area contributed by atoms with Gasteiger partial charge in [0.2, 0.25) is 0 Å². The van der Waals surface area contributed by atoms with Gasteiger partial charge in [-0.15, -0.1) is 0 Å². The van der Waals surface area contributed by atoms with Crippen molar-refractivity contribution in [1.82, 2.24) is 4.90 Å². The molecule has 0 bridgehead atoms. The fraction of sp³-hybridized carbons (Fsp3) is 0.208. The molecule has 1 N–H and O–H groups in total. The van der Waals surface area contributed by atoms with E-state index in [-0.39, 0.29) is 10.8 Å². The number of nitrogens with one attached hydrogen (secondary N) is 1. The highest BCUT2D eigenvalue weighted by molar-refractivity contribution is 7.92. The minimum Gasteiger partial charge on any atom is -0.497 e. The van der Waals surface area contributed by atoms with E-state index in [0.717, 1.165) is 17.5 Å². The summed E-state index contributed by atoms with van der Waals surface area (Å²) in [5.74, 6) is 0.475. The first-order valence-electron chi connectivity index (χ1n) is 10.0. The highest BCUT2D eigenvalue weighted by Gasteiger charge is 2.24. The molecule has 0 aromatic heterocycles.